The smallest absolute Gasteiger partial charge is 0.297 e. The van der Waals surface area contributed by atoms with Crippen molar-refractivity contribution in [2.75, 3.05) is 6.61 Å². The van der Waals surface area contributed by atoms with Crippen LogP contribution in [0.5, 0.6) is 0 Å². The van der Waals surface area contributed by atoms with E-state index in [0.717, 1.165) is 5.56 Å². The van der Waals surface area contributed by atoms with Crippen molar-refractivity contribution in [2.24, 2.45) is 0 Å². The predicted molar refractivity (Wildman–Crippen MR) is 121 cm³/mol. The molecule has 0 spiro atoms. The van der Waals surface area contributed by atoms with Crippen molar-refractivity contribution in [1.82, 2.24) is 20.3 Å². The number of hydrogen-bond donors (Lipinski definition) is 1. The highest BCUT2D eigenvalue weighted by Gasteiger charge is 2.27. The molecule has 1 amide bonds. The molecule has 1 heterocycles. The molecule has 0 fully saturated rings. The fraction of sp³-hybridized carbons (Fsp3) is 0.286. The van der Waals surface area contributed by atoms with E-state index in [9.17, 15) is 13.2 Å². The van der Waals surface area contributed by atoms with E-state index in [1.165, 1.54) is 35.0 Å². The normalized spacial score (nSPS) is 12.0. The number of nitrogens with one attached hydrogen (secondary N) is 1. The van der Waals surface area contributed by atoms with Gasteiger partial charge in [0.1, 0.15) is 5.69 Å². The zero-order chi connectivity index (χ0) is 23.5. The van der Waals surface area contributed by atoms with E-state index in [-0.39, 0.29) is 24.0 Å². The molecule has 0 aliphatic rings. The lowest BCUT2D eigenvalue weighted by molar-refractivity contribution is 0.0910. The number of aryl methyl sites for hydroxylation is 1. The van der Waals surface area contributed by atoms with Crippen molar-refractivity contribution in [3.05, 3.63) is 75.5 Å². The summed E-state index contributed by atoms with van der Waals surface area (Å²) in [4.78, 5) is 12.7. The molecule has 0 bridgehead atoms. The third-order valence-corrected chi connectivity index (χ3v) is 6.36. The number of nitrogens with zero attached hydrogens (tertiary/aromatic N) is 3. The van der Waals surface area contributed by atoms with E-state index >= 15 is 0 Å². The minimum absolute atomic E-state index is 0.0901. The third kappa shape index (κ3) is 6.07. The van der Waals surface area contributed by atoms with Gasteiger partial charge in [-0.3, -0.25) is 8.98 Å². The fourth-order valence-corrected chi connectivity index (χ4v) is 4.24. The molecule has 3 rings (SSSR count). The van der Waals surface area contributed by atoms with Crippen LogP contribution in [0.1, 0.15) is 35.5 Å². The summed E-state index contributed by atoms with van der Waals surface area (Å²) >= 11 is 11.9. The lowest BCUT2D eigenvalue weighted by Gasteiger charge is -2.23. The summed E-state index contributed by atoms with van der Waals surface area (Å²) in [6.45, 7) is 5.44. The molecule has 0 aliphatic carbocycles. The zero-order valence-electron chi connectivity index (χ0n) is 17.7. The highest BCUT2D eigenvalue weighted by atomic mass is 35.5. The second-order valence-electron chi connectivity index (χ2n) is 7.69. The van der Waals surface area contributed by atoms with E-state index in [0.29, 0.717) is 21.3 Å². The van der Waals surface area contributed by atoms with Crippen molar-refractivity contribution in [3.63, 3.8) is 0 Å². The van der Waals surface area contributed by atoms with Crippen LogP contribution in [0.25, 0.3) is 0 Å². The van der Waals surface area contributed by atoms with Gasteiger partial charge >= 0.3 is 0 Å². The first-order chi connectivity index (χ1) is 15.0. The number of halogens is 2. The van der Waals surface area contributed by atoms with Gasteiger partial charge < -0.3 is 5.32 Å². The largest absolute Gasteiger partial charge is 0.341 e. The van der Waals surface area contributed by atoms with Crippen molar-refractivity contribution in [3.8, 4) is 0 Å². The minimum Gasteiger partial charge on any atom is -0.341 e. The zero-order valence-corrected chi connectivity index (χ0v) is 20.0. The second kappa shape index (κ2) is 9.58. The van der Waals surface area contributed by atoms with E-state index in [1.54, 1.807) is 32.2 Å². The van der Waals surface area contributed by atoms with E-state index in [4.69, 9.17) is 27.4 Å². The molecule has 8 nitrogen and oxygen atoms in total. The summed E-state index contributed by atoms with van der Waals surface area (Å²) in [6, 6.07) is 11.0. The van der Waals surface area contributed by atoms with Crippen LogP contribution in [0.15, 0.2) is 53.6 Å². The standard InChI is InChI=1S/C21H22Cl2N4O4S/c1-14-4-6-18(7-5-14)32(29,30)31-9-8-27-13-19(25-26-27)21(2,3)24-20(28)15-10-16(22)12-17(23)11-15/h4-7,10-13H,8-9H2,1-3H3,(H,24,28). The molecule has 32 heavy (non-hydrogen) atoms. The Labute approximate surface area is 196 Å². The Kier molecular flexibility index (Phi) is 7.24. The van der Waals surface area contributed by atoms with Gasteiger partial charge in [0.2, 0.25) is 0 Å². The average Bonchev–Trinajstić information content (AvgIpc) is 3.17. The van der Waals surface area contributed by atoms with Gasteiger partial charge in [0.05, 0.1) is 29.8 Å². The molecule has 2 aromatic carbocycles. The third-order valence-electron chi connectivity index (χ3n) is 4.60. The van der Waals surface area contributed by atoms with Crippen LogP contribution >= 0.6 is 23.2 Å². The molecule has 1 aromatic heterocycles. The number of rotatable bonds is 8. The number of benzene rings is 2. The van der Waals surface area contributed by atoms with Crippen LogP contribution in [0, 0.1) is 6.92 Å². The molecular formula is C21H22Cl2N4O4S. The Bertz CT molecular complexity index is 1200. The molecule has 0 atom stereocenters. The molecule has 0 aliphatic heterocycles. The summed E-state index contributed by atoms with van der Waals surface area (Å²) in [5, 5.41) is 11.7. The summed E-state index contributed by atoms with van der Waals surface area (Å²) in [5.74, 6) is -0.374. The first kappa shape index (κ1) is 24.2. The molecule has 3 aromatic rings. The van der Waals surface area contributed by atoms with Crippen LogP contribution in [0.4, 0.5) is 0 Å². The summed E-state index contributed by atoms with van der Waals surface area (Å²) < 4.78 is 31.1. The van der Waals surface area contributed by atoms with Gasteiger partial charge in [0.25, 0.3) is 16.0 Å². The van der Waals surface area contributed by atoms with E-state index < -0.39 is 15.7 Å². The van der Waals surface area contributed by atoms with Gasteiger partial charge in [0, 0.05) is 15.6 Å². The Morgan fingerprint density at radius 3 is 2.38 bits per heavy atom. The fourth-order valence-electron chi connectivity index (χ4n) is 2.81. The average molecular weight is 497 g/mol. The van der Waals surface area contributed by atoms with Gasteiger partial charge in [-0.25, -0.2) is 4.68 Å². The van der Waals surface area contributed by atoms with Gasteiger partial charge in [0.15, 0.2) is 0 Å². The first-order valence-corrected chi connectivity index (χ1v) is 11.8. The number of carbonyl (C=O) groups is 1. The molecule has 0 unspecified atom stereocenters. The maximum absolute atomic E-state index is 12.6. The minimum atomic E-state index is -3.86. The lowest BCUT2D eigenvalue weighted by Crippen LogP contribution is -2.41. The summed E-state index contributed by atoms with van der Waals surface area (Å²) in [6.07, 6.45) is 1.62. The molecule has 0 saturated carbocycles. The van der Waals surface area contributed by atoms with Crippen LogP contribution < -0.4 is 5.32 Å². The van der Waals surface area contributed by atoms with E-state index in [1.807, 2.05) is 6.92 Å². The maximum atomic E-state index is 12.6. The maximum Gasteiger partial charge on any atom is 0.297 e. The van der Waals surface area contributed by atoms with Crippen LogP contribution in [-0.4, -0.2) is 35.9 Å². The van der Waals surface area contributed by atoms with Gasteiger partial charge in [-0.15, -0.1) is 5.10 Å². The van der Waals surface area contributed by atoms with Crippen molar-refractivity contribution >= 4 is 39.2 Å². The van der Waals surface area contributed by atoms with Crippen LogP contribution in [0.3, 0.4) is 0 Å². The Morgan fingerprint density at radius 1 is 1.12 bits per heavy atom. The number of carbonyl (C=O) groups excluding carboxylic acids is 1. The van der Waals surface area contributed by atoms with Crippen molar-refractivity contribution < 1.29 is 17.4 Å². The van der Waals surface area contributed by atoms with Gasteiger partial charge in [-0.1, -0.05) is 46.1 Å². The molecule has 11 heteroatoms. The SMILES string of the molecule is Cc1ccc(S(=O)(=O)OCCn2cc(C(C)(C)NC(=O)c3cc(Cl)cc(Cl)c3)nn2)cc1. The van der Waals surface area contributed by atoms with Crippen LogP contribution in [-0.2, 0) is 26.4 Å². The van der Waals surface area contributed by atoms with Gasteiger partial charge in [-0.05, 0) is 51.1 Å². The monoisotopic (exact) mass is 496 g/mol. The summed E-state index contributed by atoms with van der Waals surface area (Å²) in [5.41, 5.74) is 0.893. The quantitative estimate of drug-likeness (QED) is 0.473. The van der Waals surface area contributed by atoms with Crippen molar-refractivity contribution in [2.45, 2.75) is 37.8 Å². The van der Waals surface area contributed by atoms with Gasteiger partial charge in [-0.2, -0.15) is 8.42 Å². The number of aromatic nitrogens is 3. The number of hydrogen-bond acceptors (Lipinski definition) is 6. The molecule has 1 N–H and O–H groups in total. The number of amides is 1. The molecule has 170 valence electrons. The second-order valence-corrected chi connectivity index (χ2v) is 10.2. The topological polar surface area (TPSA) is 103 Å². The summed E-state index contributed by atoms with van der Waals surface area (Å²) in [7, 11) is -3.86. The van der Waals surface area contributed by atoms with E-state index in [2.05, 4.69) is 15.6 Å². The molecule has 0 saturated heterocycles. The molecular weight excluding hydrogens is 475 g/mol. The lowest BCUT2D eigenvalue weighted by atomic mass is 10.0. The highest BCUT2D eigenvalue weighted by Crippen LogP contribution is 2.22. The first-order valence-electron chi connectivity index (χ1n) is 9.62. The Balaban J connectivity index is 1.61. The predicted octanol–water partition coefficient (Wildman–Crippen LogP) is 3.96. The Hall–Kier alpha value is -2.46. The molecule has 0 radical (unpaired) electrons. The Morgan fingerprint density at radius 2 is 1.75 bits per heavy atom. The highest BCUT2D eigenvalue weighted by molar-refractivity contribution is 7.86. The van der Waals surface area contributed by atoms with Crippen molar-refractivity contribution in [1.29, 1.82) is 0 Å². The van der Waals surface area contributed by atoms with Crippen LogP contribution in [0.2, 0.25) is 10.0 Å².